The molecule has 0 amide bonds. The Balaban J connectivity index is 1.54. The van der Waals surface area contributed by atoms with Crippen LogP contribution < -0.4 is 0 Å². The van der Waals surface area contributed by atoms with E-state index in [0.717, 1.165) is 44.3 Å². The molecule has 0 radical (unpaired) electrons. The normalized spacial score (nSPS) is 11.6. The molecule has 5 heteroatoms. The van der Waals surface area contributed by atoms with Gasteiger partial charge in [-0.15, -0.1) is 0 Å². The van der Waals surface area contributed by atoms with Crippen molar-refractivity contribution in [1.82, 2.24) is 14.5 Å². The first kappa shape index (κ1) is 19.7. The number of benzene rings is 4. The van der Waals surface area contributed by atoms with Crippen molar-refractivity contribution in [2.75, 3.05) is 0 Å². The summed E-state index contributed by atoms with van der Waals surface area (Å²) in [6, 6.07) is 32.8. The second-order valence-electron chi connectivity index (χ2n) is 8.46. The van der Waals surface area contributed by atoms with E-state index in [1.54, 1.807) is 6.07 Å². The quantitative estimate of drug-likeness (QED) is 0.273. The van der Waals surface area contributed by atoms with Gasteiger partial charge in [0.25, 0.3) is 0 Å². The summed E-state index contributed by atoms with van der Waals surface area (Å²) in [4.78, 5) is 9.88. The minimum absolute atomic E-state index is 0.327. The number of aromatic nitrogens is 3. The van der Waals surface area contributed by atoms with E-state index in [-0.39, 0.29) is 5.82 Å². The van der Waals surface area contributed by atoms with Crippen molar-refractivity contribution in [3.63, 3.8) is 0 Å². The van der Waals surface area contributed by atoms with Crippen LogP contribution in [0.4, 0.5) is 4.39 Å². The molecule has 7 aromatic rings. The fraction of sp³-hybridized carbons (Fsp3) is 0. The molecule has 0 saturated heterocycles. The third kappa shape index (κ3) is 3.13. The zero-order valence-electron chi connectivity index (χ0n) is 18.5. The highest BCUT2D eigenvalue weighted by molar-refractivity contribution is 6.09. The van der Waals surface area contributed by atoms with Gasteiger partial charge in [0.15, 0.2) is 11.5 Å². The average molecular weight is 455 g/mol. The number of halogens is 1. The number of fused-ring (bicyclic) bond motifs is 4. The standard InChI is InChI=1S/C30H18FN3O/c31-21-14-15-23-24-12-7-13-25(28(24)35-27(23)17-21)29-33-26-16-20(19-8-3-1-4-9-19)18-32-30(26)34(29)22-10-5-2-6-11-22/h1-18H. The Morgan fingerprint density at radius 2 is 1.51 bits per heavy atom. The molecule has 0 spiro atoms. The van der Waals surface area contributed by atoms with Crippen molar-refractivity contribution in [3.05, 3.63) is 115 Å². The van der Waals surface area contributed by atoms with E-state index < -0.39 is 0 Å². The molecule has 4 nitrogen and oxygen atoms in total. The lowest BCUT2D eigenvalue weighted by molar-refractivity contribution is 0.618. The number of imidazole rings is 1. The van der Waals surface area contributed by atoms with Crippen LogP contribution in [0.2, 0.25) is 0 Å². The van der Waals surface area contributed by atoms with Gasteiger partial charge in [-0.2, -0.15) is 0 Å². The van der Waals surface area contributed by atoms with Crippen LogP contribution >= 0.6 is 0 Å². The number of pyridine rings is 1. The summed E-state index contributed by atoms with van der Waals surface area (Å²) in [5.74, 6) is 0.390. The van der Waals surface area contributed by atoms with Crippen LogP contribution in [0.3, 0.4) is 0 Å². The molecule has 0 unspecified atom stereocenters. The predicted octanol–water partition coefficient (Wildman–Crippen LogP) is 7.79. The van der Waals surface area contributed by atoms with E-state index in [9.17, 15) is 4.39 Å². The second kappa shape index (κ2) is 7.64. The number of hydrogen-bond acceptors (Lipinski definition) is 3. The fourth-order valence-electron chi connectivity index (χ4n) is 4.70. The van der Waals surface area contributed by atoms with Gasteiger partial charge in [-0.25, -0.2) is 14.4 Å². The minimum atomic E-state index is -0.327. The van der Waals surface area contributed by atoms with Crippen LogP contribution in [0, 0.1) is 5.82 Å². The second-order valence-corrected chi connectivity index (χ2v) is 8.46. The van der Waals surface area contributed by atoms with Gasteiger partial charge in [-0.05, 0) is 42.0 Å². The summed E-state index contributed by atoms with van der Waals surface area (Å²) in [5.41, 5.74) is 6.57. The van der Waals surface area contributed by atoms with E-state index >= 15 is 0 Å². The summed E-state index contributed by atoms with van der Waals surface area (Å²) in [7, 11) is 0. The lowest BCUT2D eigenvalue weighted by atomic mass is 10.1. The van der Waals surface area contributed by atoms with Crippen LogP contribution in [0.1, 0.15) is 0 Å². The molecule has 7 rings (SSSR count). The van der Waals surface area contributed by atoms with Crippen molar-refractivity contribution in [2.24, 2.45) is 0 Å². The fourth-order valence-corrected chi connectivity index (χ4v) is 4.70. The lowest BCUT2D eigenvalue weighted by Crippen LogP contribution is -1.98. The van der Waals surface area contributed by atoms with Crippen LogP contribution in [0.15, 0.2) is 114 Å². The molecule has 0 N–H and O–H groups in total. The first-order chi connectivity index (χ1) is 17.3. The van der Waals surface area contributed by atoms with Crippen molar-refractivity contribution >= 4 is 33.1 Å². The molecule has 0 aliphatic heterocycles. The number of nitrogens with zero attached hydrogens (tertiary/aromatic N) is 3. The molecule has 0 bridgehead atoms. The molecule has 3 heterocycles. The van der Waals surface area contributed by atoms with Gasteiger partial charge >= 0.3 is 0 Å². The summed E-state index contributed by atoms with van der Waals surface area (Å²) >= 11 is 0. The van der Waals surface area contributed by atoms with E-state index in [1.807, 2.05) is 77.5 Å². The maximum atomic E-state index is 13.9. The third-order valence-corrected chi connectivity index (χ3v) is 6.32. The maximum absolute atomic E-state index is 13.9. The van der Waals surface area contributed by atoms with Gasteiger partial charge in [0, 0.05) is 34.3 Å². The Morgan fingerprint density at radius 1 is 0.714 bits per heavy atom. The molecule has 35 heavy (non-hydrogen) atoms. The summed E-state index contributed by atoms with van der Waals surface area (Å²) in [5, 5.41) is 1.79. The van der Waals surface area contributed by atoms with Gasteiger partial charge in [0.05, 0.1) is 5.56 Å². The van der Waals surface area contributed by atoms with Gasteiger partial charge < -0.3 is 4.42 Å². The maximum Gasteiger partial charge on any atom is 0.164 e. The van der Waals surface area contributed by atoms with Gasteiger partial charge in [0.1, 0.15) is 22.5 Å². The Kier molecular flexibility index (Phi) is 4.29. The van der Waals surface area contributed by atoms with Gasteiger partial charge in [-0.1, -0.05) is 60.7 Å². The van der Waals surface area contributed by atoms with Crippen LogP contribution in [-0.4, -0.2) is 14.5 Å². The Bertz CT molecular complexity index is 1850. The molecule has 4 aromatic carbocycles. The highest BCUT2D eigenvalue weighted by atomic mass is 19.1. The monoisotopic (exact) mass is 455 g/mol. The number of rotatable bonds is 3. The zero-order valence-corrected chi connectivity index (χ0v) is 18.5. The molecule has 0 saturated carbocycles. The highest BCUT2D eigenvalue weighted by Gasteiger charge is 2.20. The van der Waals surface area contributed by atoms with Crippen LogP contribution in [0.25, 0.3) is 61.3 Å². The lowest BCUT2D eigenvalue weighted by Gasteiger charge is -2.09. The topological polar surface area (TPSA) is 43.9 Å². The van der Waals surface area contributed by atoms with E-state index in [4.69, 9.17) is 14.4 Å². The van der Waals surface area contributed by atoms with Crippen LogP contribution in [-0.2, 0) is 0 Å². The van der Waals surface area contributed by atoms with Gasteiger partial charge in [-0.3, -0.25) is 4.57 Å². The average Bonchev–Trinajstić information content (AvgIpc) is 3.47. The Morgan fingerprint density at radius 3 is 2.34 bits per heavy atom. The first-order valence-corrected chi connectivity index (χ1v) is 11.4. The zero-order chi connectivity index (χ0) is 23.4. The molecule has 0 aliphatic rings. The largest absolute Gasteiger partial charge is 0.455 e. The van der Waals surface area contributed by atoms with Crippen molar-refractivity contribution in [1.29, 1.82) is 0 Å². The molecule has 0 fully saturated rings. The van der Waals surface area contributed by atoms with E-state index in [0.29, 0.717) is 17.0 Å². The summed E-state index contributed by atoms with van der Waals surface area (Å²) in [6.45, 7) is 0. The molecule has 0 atom stereocenters. The molecule has 0 aliphatic carbocycles. The molecular weight excluding hydrogens is 437 g/mol. The molecule has 166 valence electrons. The van der Waals surface area contributed by atoms with E-state index in [2.05, 4.69) is 18.2 Å². The highest BCUT2D eigenvalue weighted by Crippen LogP contribution is 2.38. The van der Waals surface area contributed by atoms with Crippen molar-refractivity contribution in [2.45, 2.75) is 0 Å². The summed E-state index contributed by atoms with van der Waals surface area (Å²) < 4.78 is 22.1. The first-order valence-electron chi connectivity index (χ1n) is 11.4. The van der Waals surface area contributed by atoms with E-state index in [1.165, 1.54) is 12.1 Å². The van der Waals surface area contributed by atoms with Crippen LogP contribution in [0.5, 0.6) is 0 Å². The number of para-hydroxylation sites is 2. The van der Waals surface area contributed by atoms with Crippen molar-refractivity contribution in [3.8, 4) is 28.2 Å². The SMILES string of the molecule is Fc1ccc2c(c1)oc1c(-c3nc4cc(-c5ccccc5)cnc4n3-c3ccccc3)cccc12. The number of furan rings is 1. The summed E-state index contributed by atoms with van der Waals surface area (Å²) in [6.07, 6.45) is 1.88. The Labute approximate surface area is 199 Å². The smallest absolute Gasteiger partial charge is 0.164 e. The predicted molar refractivity (Wildman–Crippen MR) is 137 cm³/mol. The molecule has 3 aromatic heterocycles. The molecular formula is C30H18FN3O. The number of hydrogen-bond donors (Lipinski definition) is 0. The minimum Gasteiger partial charge on any atom is -0.455 e. The van der Waals surface area contributed by atoms with Gasteiger partial charge in [0.2, 0.25) is 0 Å². The Hall–Kier alpha value is -4.77. The van der Waals surface area contributed by atoms with Crippen molar-refractivity contribution < 1.29 is 8.81 Å². The third-order valence-electron chi connectivity index (χ3n) is 6.32.